The summed E-state index contributed by atoms with van der Waals surface area (Å²) in [7, 11) is 0. The number of halogens is 3. The molecule has 1 aromatic heterocycles. The zero-order valence-corrected chi connectivity index (χ0v) is 10.2. The van der Waals surface area contributed by atoms with E-state index in [1.807, 2.05) is 0 Å². The van der Waals surface area contributed by atoms with E-state index in [4.69, 9.17) is 10.2 Å². The first-order chi connectivity index (χ1) is 8.90. The zero-order chi connectivity index (χ0) is 14.5. The normalized spacial score (nSPS) is 11.7. The molecule has 0 radical (unpaired) electrons. The van der Waals surface area contributed by atoms with Gasteiger partial charge in [-0.15, -0.1) is 0 Å². The van der Waals surface area contributed by atoms with Crippen LogP contribution in [0, 0.1) is 0 Å². The zero-order valence-electron chi connectivity index (χ0n) is 10.2. The van der Waals surface area contributed by atoms with E-state index in [1.165, 1.54) is 0 Å². The van der Waals surface area contributed by atoms with E-state index < -0.39 is 31.1 Å². The lowest BCUT2D eigenvalue weighted by Crippen LogP contribution is -2.28. The first-order valence-corrected chi connectivity index (χ1v) is 5.59. The molecule has 0 aliphatic rings. The van der Waals surface area contributed by atoms with Crippen molar-refractivity contribution in [1.29, 1.82) is 0 Å². The van der Waals surface area contributed by atoms with E-state index in [9.17, 15) is 13.2 Å². The number of rotatable bonds is 6. The smallest absolute Gasteiger partial charge is 0.394 e. The van der Waals surface area contributed by atoms with Gasteiger partial charge in [0.2, 0.25) is 5.95 Å². The van der Waals surface area contributed by atoms with Crippen LogP contribution in [0.1, 0.15) is 12.6 Å². The Balaban J connectivity index is 3.05. The highest BCUT2D eigenvalue weighted by Crippen LogP contribution is 2.29. The molecule has 0 saturated carbocycles. The molecule has 0 amide bonds. The van der Waals surface area contributed by atoms with Crippen molar-refractivity contribution in [3.8, 4) is 0 Å². The number of aliphatic hydroxyl groups is 2. The number of anilines is 2. The van der Waals surface area contributed by atoms with Gasteiger partial charge in [0.05, 0.1) is 19.3 Å². The van der Waals surface area contributed by atoms with Gasteiger partial charge in [-0.2, -0.15) is 18.2 Å². The summed E-state index contributed by atoms with van der Waals surface area (Å²) >= 11 is 0. The van der Waals surface area contributed by atoms with Gasteiger partial charge in [-0.1, -0.05) is 0 Å². The monoisotopic (exact) mass is 280 g/mol. The van der Waals surface area contributed by atoms with Crippen molar-refractivity contribution in [2.45, 2.75) is 19.1 Å². The molecule has 0 aromatic carbocycles. The lowest BCUT2D eigenvalue weighted by molar-refractivity contribution is -0.141. The Kier molecular flexibility index (Phi) is 5.31. The average Bonchev–Trinajstić information content (AvgIpc) is 2.35. The van der Waals surface area contributed by atoms with Crippen LogP contribution in [0.2, 0.25) is 0 Å². The fraction of sp³-hybridized carbons (Fsp3) is 0.600. The number of aromatic nitrogens is 2. The molecule has 0 aliphatic heterocycles. The Morgan fingerprint density at radius 1 is 1.26 bits per heavy atom. The predicted octanol–water partition coefficient (Wildman–Crippen LogP) is 0.692. The maximum absolute atomic E-state index is 12.6. The average molecular weight is 280 g/mol. The van der Waals surface area contributed by atoms with Crippen LogP contribution in [-0.4, -0.2) is 46.0 Å². The number of alkyl halides is 3. The molecule has 0 fully saturated rings. The van der Waals surface area contributed by atoms with E-state index in [2.05, 4.69) is 20.6 Å². The highest BCUT2D eigenvalue weighted by molar-refractivity contribution is 5.43. The Morgan fingerprint density at radius 2 is 1.89 bits per heavy atom. The number of aliphatic hydroxyl groups excluding tert-OH is 2. The molecule has 6 nitrogen and oxygen atoms in total. The molecule has 19 heavy (non-hydrogen) atoms. The summed E-state index contributed by atoms with van der Waals surface area (Å²) in [6.07, 6.45) is -4.60. The number of hydrogen-bond donors (Lipinski definition) is 4. The minimum absolute atomic E-state index is 0.119. The van der Waals surface area contributed by atoms with Gasteiger partial charge >= 0.3 is 6.18 Å². The van der Waals surface area contributed by atoms with E-state index in [0.717, 1.165) is 6.07 Å². The quantitative estimate of drug-likeness (QED) is 0.613. The summed E-state index contributed by atoms with van der Waals surface area (Å²) in [5.74, 6) is -0.291. The van der Waals surface area contributed by atoms with E-state index in [-0.39, 0.29) is 11.8 Å². The van der Waals surface area contributed by atoms with Crippen molar-refractivity contribution in [2.24, 2.45) is 0 Å². The van der Waals surface area contributed by atoms with Gasteiger partial charge in [0, 0.05) is 12.6 Å². The second-order valence-corrected chi connectivity index (χ2v) is 3.70. The summed E-state index contributed by atoms with van der Waals surface area (Å²) < 4.78 is 37.9. The van der Waals surface area contributed by atoms with Crippen LogP contribution < -0.4 is 10.6 Å². The minimum atomic E-state index is -4.60. The Hall–Kier alpha value is -1.61. The Morgan fingerprint density at radius 3 is 2.37 bits per heavy atom. The van der Waals surface area contributed by atoms with E-state index in [1.54, 1.807) is 6.92 Å². The molecule has 0 spiro atoms. The Bertz CT molecular complexity index is 410. The first-order valence-electron chi connectivity index (χ1n) is 5.59. The van der Waals surface area contributed by atoms with Gasteiger partial charge in [-0.25, -0.2) is 4.98 Å². The van der Waals surface area contributed by atoms with Gasteiger partial charge in [-0.3, -0.25) is 0 Å². The summed E-state index contributed by atoms with van der Waals surface area (Å²) in [6, 6.07) is -0.0652. The van der Waals surface area contributed by atoms with Crippen molar-refractivity contribution in [3.05, 3.63) is 11.8 Å². The third kappa shape index (κ3) is 4.52. The molecule has 0 saturated heterocycles. The molecule has 1 rings (SSSR count). The topological polar surface area (TPSA) is 90.3 Å². The molecule has 0 atom stereocenters. The van der Waals surface area contributed by atoms with Crippen molar-refractivity contribution in [3.63, 3.8) is 0 Å². The molecule has 0 bridgehead atoms. The van der Waals surface area contributed by atoms with Crippen LogP contribution >= 0.6 is 0 Å². The highest BCUT2D eigenvalue weighted by atomic mass is 19.4. The number of nitrogens with zero attached hydrogens (tertiary/aromatic N) is 2. The largest absolute Gasteiger partial charge is 0.433 e. The van der Waals surface area contributed by atoms with Gasteiger partial charge in [0.25, 0.3) is 0 Å². The van der Waals surface area contributed by atoms with Crippen molar-refractivity contribution >= 4 is 11.8 Å². The predicted molar refractivity (Wildman–Crippen MR) is 62.8 cm³/mol. The third-order valence-electron chi connectivity index (χ3n) is 2.14. The van der Waals surface area contributed by atoms with Crippen molar-refractivity contribution in [2.75, 3.05) is 30.4 Å². The highest BCUT2D eigenvalue weighted by Gasteiger charge is 2.33. The van der Waals surface area contributed by atoms with Gasteiger partial charge in [0.15, 0.2) is 5.69 Å². The van der Waals surface area contributed by atoms with Crippen LogP contribution in [-0.2, 0) is 6.18 Å². The van der Waals surface area contributed by atoms with Crippen LogP contribution in [0.4, 0.5) is 24.9 Å². The summed E-state index contributed by atoms with van der Waals surface area (Å²) in [4.78, 5) is 7.16. The molecule has 9 heteroatoms. The maximum atomic E-state index is 12.6. The lowest BCUT2D eigenvalue weighted by Gasteiger charge is -2.16. The molecule has 4 N–H and O–H groups in total. The molecule has 1 heterocycles. The molecule has 108 valence electrons. The minimum Gasteiger partial charge on any atom is -0.394 e. The summed E-state index contributed by atoms with van der Waals surface area (Å²) in [5, 5.41) is 22.9. The van der Waals surface area contributed by atoms with Gasteiger partial charge in [-0.05, 0) is 6.92 Å². The van der Waals surface area contributed by atoms with Crippen molar-refractivity contribution in [1.82, 2.24) is 9.97 Å². The maximum Gasteiger partial charge on any atom is 0.433 e. The molecule has 1 aromatic rings. The summed E-state index contributed by atoms with van der Waals surface area (Å²) in [6.45, 7) is 1.20. The Labute approximate surface area is 107 Å². The molecule has 0 unspecified atom stereocenters. The second-order valence-electron chi connectivity index (χ2n) is 3.70. The number of nitrogens with one attached hydrogen (secondary N) is 2. The standard InChI is InChI=1S/C10H15F3N4O2/c1-2-14-9-16-7(10(11,12)13)3-8(17-9)15-6(4-18)5-19/h3,6,18-19H,2,4-5H2,1H3,(H2,14,15,16,17). The molecular weight excluding hydrogens is 265 g/mol. The van der Waals surface area contributed by atoms with E-state index >= 15 is 0 Å². The fourth-order valence-corrected chi connectivity index (χ4v) is 1.26. The van der Waals surface area contributed by atoms with Gasteiger partial charge < -0.3 is 20.8 Å². The van der Waals surface area contributed by atoms with Crippen LogP contribution in [0.5, 0.6) is 0 Å². The SMILES string of the molecule is CCNc1nc(NC(CO)CO)cc(C(F)(F)F)n1. The van der Waals surface area contributed by atoms with Crippen LogP contribution in [0.25, 0.3) is 0 Å². The number of hydrogen-bond acceptors (Lipinski definition) is 6. The molecular formula is C10H15F3N4O2. The van der Waals surface area contributed by atoms with Gasteiger partial charge in [0.1, 0.15) is 5.82 Å². The van der Waals surface area contributed by atoms with Crippen LogP contribution in [0.3, 0.4) is 0 Å². The second kappa shape index (κ2) is 6.53. The van der Waals surface area contributed by atoms with Crippen molar-refractivity contribution < 1.29 is 23.4 Å². The lowest BCUT2D eigenvalue weighted by atomic mass is 10.3. The summed E-state index contributed by atoms with van der Waals surface area (Å²) in [5.41, 5.74) is -1.10. The van der Waals surface area contributed by atoms with E-state index in [0.29, 0.717) is 6.54 Å². The third-order valence-corrected chi connectivity index (χ3v) is 2.14. The van der Waals surface area contributed by atoms with Crippen LogP contribution in [0.15, 0.2) is 6.07 Å². The molecule has 0 aliphatic carbocycles. The first kappa shape index (κ1) is 15.4. The fourth-order valence-electron chi connectivity index (χ4n) is 1.26.